The molecule has 1 heterocycles. The molecule has 1 aromatic heterocycles. The van der Waals surface area contributed by atoms with Crippen LogP contribution in [0.1, 0.15) is 0 Å². The van der Waals surface area contributed by atoms with Crippen molar-refractivity contribution in [2.24, 2.45) is 0 Å². The van der Waals surface area contributed by atoms with E-state index in [4.69, 9.17) is 17.3 Å². The van der Waals surface area contributed by atoms with Crippen LogP contribution in [0.2, 0.25) is 4.34 Å². The Morgan fingerprint density at radius 1 is 1.43 bits per heavy atom. The molecule has 0 bridgehead atoms. The van der Waals surface area contributed by atoms with E-state index in [1.54, 1.807) is 12.1 Å². The van der Waals surface area contributed by atoms with E-state index in [-0.39, 0.29) is 5.69 Å². The van der Waals surface area contributed by atoms with E-state index in [2.05, 4.69) is 0 Å². The fourth-order valence-corrected chi connectivity index (χ4v) is 2.46. The Labute approximate surface area is 88.0 Å². The number of nitro benzene ring substituents is 1. The van der Waals surface area contributed by atoms with E-state index in [9.17, 15) is 10.1 Å². The van der Waals surface area contributed by atoms with Crippen molar-refractivity contribution in [2.45, 2.75) is 0 Å². The third-order valence-corrected chi connectivity index (χ3v) is 3.09. The lowest BCUT2D eigenvalue weighted by Gasteiger charge is -1.95. The van der Waals surface area contributed by atoms with Crippen LogP contribution in [0.3, 0.4) is 0 Å². The first kappa shape index (κ1) is 9.23. The zero-order valence-corrected chi connectivity index (χ0v) is 8.43. The SMILES string of the molecule is Nc1cc([N+](=O)[O-])c2sc(Cl)cc2c1. The minimum absolute atomic E-state index is 0.0110. The molecule has 2 rings (SSSR count). The predicted molar refractivity (Wildman–Crippen MR) is 57.9 cm³/mol. The second kappa shape index (κ2) is 3.11. The number of nitrogens with two attached hydrogens (primary N) is 1. The molecule has 0 aliphatic carbocycles. The number of non-ortho nitro benzene ring substituents is 1. The van der Waals surface area contributed by atoms with Crippen LogP contribution in [0, 0.1) is 10.1 Å². The van der Waals surface area contributed by atoms with Crippen LogP contribution in [0.5, 0.6) is 0 Å². The summed E-state index contributed by atoms with van der Waals surface area (Å²) in [5.41, 5.74) is 5.91. The predicted octanol–water partition coefficient (Wildman–Crippen LogP) is 3.05. The normalized spacial score (nSPS) is 10.6. The van der Waals surface area contributed by atoms with Crippen LogP contribution in [-0.4, -0.2) is 4.92 Å². The number of thiophene rings is 1. The second-order valence-corrected chi connectivity index (χ2v) is 4.45. The van der Waals surface area contributed by atoms with Crippen LogP contribution >= 0.6 is 22.9 Å². The van der Waals surface area contributed by atoms with Gasteiger partial charge >= 0.3 is 0 Å². The minimum atomic E-state index is -0.453. The summed E-state index contributed by atoms with van der Waals surface area (Å²) in [5.74, 6) is 0. The summed E-state index contributed by atoms with van der Waals surface area (Å²) >= 11 is 6.95. The van der Waals surface area contributed by atoms with Gasteiger partial charge in [0.15, 0.2) is 0 Å². The Kier molecular flexibility index (Phi) is 2.05. The van der Waals surface area contributed by atoms with Gasteiger partial charge in [-0.1, -0.05) is 11.6 Å². The van der Waals surface area contributed by atoms with Gasteiger partial charge in [-0.3, -0.25) is 10.1 Å². The number of hydrogen-bond donors (Lipinski definition) is 1. The summed E-state index contributed by atoms with van der Waals surface area (Å²) in [4.78, 5) is 10.2. The topological polar surface area (TPSA) is 69.2 Å². The smallest absolute Gasteiger partial charge is 0.289 e. The molecule has 0 saturated carbocycles. The standard InChI is InChI=1S/C8H5ClN2O2S/c9-7-2-4-1-5(10)3-6(11(12)13)8(4)14-7/h1-3H,10H2. The molecule has 0 aliphatic heterocycles. The molecule has 0 unspecified atom stereocenters. The molecule has 0 fully saturated rings. The zero-order chi connectivity index (χ0) is 10.3. The molecule has 4 nitrogen and oxygen atoms in total. The third-order valence-electron chi connectivity index (χ3n) is 1.79. The third kappa shape index (κ3) is 1.40. The number of nitrogen functional groups attached to an aromatic ring is 1. The van der Waals surface area contributed by atoms with Crippen molar-refractivity contribution in [3.05, 3.63) is 32.6 Å². The van der Waals surface area contributed by atoms with Crippen LogP contribution < -0.4 is 5.73 Å². The molecule has 1 aromatic carbocycles. The highest BCUT2D eigenvalue weighted by atomic mass is 35.5. The lowest BCUT2D eigenvalue weighted by Crippen LogP contribution is -1.91. The minimum Gasteiger partial charge on any atom is -0.399 e. The first-order valence-corrected chi connectivity index (χ1v) is 4.90. The van der Waals surface area contributed by atoms with Gasteiger partial charge in [-0.15, -0.1) is 11.3 Å². The number of hydrogen-bond acceptors (Lipinski definition) is 4. The summed E-state index contributed by atoms with van der Waals surface area (Å²) < 4.78 is 1.09. The summed E-state index contributed by atoms with van der Waals surface area (Å²) in [6.45, 7) is 0. The fourth-order valence-electron chi connectivity index (χ4n) is 1.26. The molecule has 0 aliphatic rings. The molecule has 72 valence electrons. The van der Waals surface area contributed by atoms with E-state index in [0.717, 1.165) is 0 Å². The van der Waals surface area contributed by atoms with Gasteiger partial charge in [0, 0.05) is 17.1 Å². The number of benzene rings is 1. The van der Waals surface area contributed by atoms with Gasteiger partial charge in [-0.05, 0) is 12.1 Å². The molecule has 0 atom stereocenters. The molecule has 0 radical (unpaired) electrons. The number of halogens is 1. The van der Waals surface area contributed by atoms with Gasteiger partial charge in [0.2, 0.25) is 0 Å². The number of nitro groups is 1. The maximum Gasteiger partial charge on any atom is 0.289 e. The lowest BCUT2D eigenvalue weighted by atomic mass is 10.2. The molecule has 0 saturated heterocycles. The first-order chi connectivity index (χ1) is 6.58. The van der Waals surface area contributed by atoms with E-state index >= 15 is 0 Å². The van der Waals surface area contributed by atoms with Crippen LogP contribution in [0.15, 0.2) is 18.2 Å². The second-order valence-electron chi connectivity index (χ2n) is 2.77. The highest BCUT2D eigenvalue weighted by Crippen LogP contribution is 2.37. The highest BCUT2D eigenvalue weighted by Gasteiger charge is 2.15. The summed E-state index contributed by atoms with van der Waals surface area (Å²) in [5, 5.41) is 11.4. The molecular formula is C8H5ClN2O2S. The van der Waals surface area contributed by atoms with Gasteiger partial charge in [-0.25, -0.2) is 0 Å². The molecule has 6 heteroatoms. The van der Waals surface area contributed by atoms with E-state index < -0.39 is 4.92 Å². The van der Waals surface area contributed by atoms with Gasteiger partial charge in [0.1, 0.15) is 4.70 Å². The van der Waals surface area contributed by atoms with E-state index in [1.165, 1.54) is 17.4 Å². The zero-order valence-electron chi connectivity index (χ0n) is 6.86. The van der Waals surface area contributed by atoms with Crippen molar-refractivity contribution in [3.63, 3.8) is 0 Å². The number of anilines is 1. The largest absolute Gasteiger partial charge is 0.399 e. The number of fused-ring (bicyclic) bond motifs is 1. The highest BCUT2D eigenvalue weighted by molar-refractivity contribution is 7.23. The van der Waals surface area contributed by atoms with E-state index in [1.807, 2.05) is 0 Å². The monoisotopic (exact) mass is 228 g/mol. The van der Waals surface area contributed by atoms with Gasteiger partial charge in [0.05, 0.1) is 9.26 Å². The molecule has 2 aromatic rings. The van der Waals surface area contributed by atoms with Crippen molar-refractivity contribution in [1.29, 1.82) is 0 Å². The Balaban J connectivity index is 2.85. The van der Waals surface area contributed by atoms with Crippen molar-refractivity contribution in [1.82, 2.24) is 0 Å². The molecule has 0 spiro atoms. The van der Waals surface area contributed by atoms with Crippen LogP contribution in [0.4, 0.5) is 11.4 Å². The first-order valence-electron chi connectivity index (χ1n) is 3.71. The van der Waals surface area contributed by atoms with Crippen LogP contribution in [0.25, 0.3) is 10.1 Å². The van der Waals surface area contributed by atoms with E-state index in [0.29, 0.717) is 20.1 Å². The van der Waals surface area contributed by atoms with Gasteiger partial charge in [0.25, 0.3) is 5.69 Å². The summed E-state index contributed by atoms with van der Waals surface area (Å²) in [6.07, 6.45) is 0. The molecule has 0 amide bonds. The maximum absolute atomic E-state index is 10.7. The quantitative estimate of drug-likeness (QED) is 0.463. The summed E-state index contributed by atoms with van der Waals surface area (Å²) in [6, 6.07) is 4.69. The molecular weight excluding hydrogens is 224 g/mol. The molecule has 2 N–H and O–H groups in total. The maximum atomic E-state index is 10.7. The van der Waals surface area contributed by atoms with Crippen LogP contribution in [-0.2, 0) is 0 Å². The van der Waals surface area contributed by atoms with Gasteiger partial charge in [-0.2, -0.15) is 0 Å². The fraction of sp³-hybridized carbons (Fsp3) is 0. The number of rotatable bonds is 1. The van der Waals surface area contributed by atoms with Crippen molar-refractivity contribution >= 4 is 44.4 Å². The molecule has 14 heavy (non-hydrogen) atoms. The van der Waals surface area contributed by atoms with Crippen molar-refractivity contribution in [2.75, 3.05) is 5.73 Å². The van der Waals surface area contributed by atoms with Crippen molar-refractivity contribution in [3.8, 4) is 0 Å². The average Bonchev–Trinajstić information content (AvgIpc) is 2.42. The lowest BCUT2D eigenvalue weighted by molar-refractivity contribution is -0.382. The number of nitrogens with zero attached hydrogens (tertiary/aromatic N) is 1. The Morgan fingerprint density at radius 2 is 2.14 bits per heavy atom. The Hall–Kier alpha value is -1.33. The average molecular weight is 229 g/mol. The van der Waals surface area contributed by atoms with Gasteiger partial charge < -0.3 is 5.73 Å². The Bertz CT molecular complexity index is 523. The summed E-state index contributed by atoms with van der Waals surface area (Å²) in [7, 11) is 0. The Morgan fingerprint density at radius 3 is 2.79 bits per heavy atom. The van der Waals surface area contributed by atoms with Crippen molar-refractivity contribution < 1.29 is 4.92 Å².